The monoisotopic (exact) mass is 294 g/mol. The lowest BCUT2D eigenvalue weighted by atomic mass is 10.1. The summed E-state index contributed by atoms with van der Waals surface area (Å²) in [6.07, 6.45) is 0. The molecule has 88 valence electrons. The van der Waals surface area contributed by atoms with Gasteiger partial charge in [0.05, 0.1) is 17.1 Å². The van der Waals surface area contributed by atoms with Crippen LogP contribution in [0.3, 0.4) is 0 Å². The number of hydrogen-bond donors (Lipinski definition) is 2. The van der Waals surface area contributed by atoms with E-state index in [2.05, 4.69) is 21.2 Å². The zero-order valence-electron chi connectivity index (χ0n) is 9.30. The number of rotatable bonds is 2. The zero-order valence-corrected chi connectivity index (χ0v) is 10.9. The van der Waals surface area contributed by atoms with Gasteiger partial charge < -0.3 is 11.1 Å². The highest BCUT2D eigenvalue weighted by atomic mass is 79.9. The molecule has 0 radical (unpaired) electrons. The van der Waals surface area contributed by atoms with Gasteiger partial charge in [0.25, 0.3) is 0 Å². The smallest absolute Gasteiger partial charge is 0.146 e. The van der Waals surface area contributed by atoms with E-state index < -0.39 is 0 Å². The lowest BCUT2D eigenvalue weighted by molar-refractivity contribution is 0.631. The van der Waals surface area contributed by atoms with Gasteiger partial charge in [-0.3, -0.25) is 0 Å². The van der Waals surface area contributed by atoms with E-state index in [1.165, 1.54) is 6.07 Å². The third-order valence-electron chi connectivity index (χ3n) is 2.50. The minimum atomic E-state index is -0.285. The quantitative estimate of drug-likeness (QED) is 0.814. The van der Waals surface area contributed by atoms with Crippen molar-refractivity contribution >= 4 is 33.0 Å². The summed E-state index contributed by atoms with van der Waals surface area (Å²) in [5.74, 6) is -0.285. The maximum atomic E-state index is 13.6. The normalized spacial score (nSPS) is 10.3. The van der Waals surface area contributed by atoms with Crippen LogP contribution in [-0.2, 0) is 0 Å². The van der Waals surface area contributed by atoms with Crippen molar-refractivity contribution in [1.82, 2.24) is 0 Å². The van der Waals surface area contributed by atoms with Crippen molar-refractivity contribution in [2.75, 3.05) is 11.1 Å². The van der Waals surface area contributed by atoms with Gasteiger partial charge in [-0.1, -0.05) is 28.1 Å². The average Bonchev–Trinajstić information content (AvgIpc) is 2.26. The molecular formula is C13H12BrFN2. The van der Waals surface area contributed by atoms with Crippen LogP contribution in [0, 0.1) is 12.7 Å². The number of halogens is 2. The first kappa shape index (κ1) is 11.9. The van der Waals surface area contributed by atoms with Crippen molar-refractivity contribution in [3.63, 3.8) is 0 Å². The highest BCUT2D eigenvalue weighted by Gasteiger charge is 2.07. The molecule has 0 aliphatic heterocycles. The van der Waals surface area contributed by atoms with Gasteiger partial charge in [-0.25, -0.2) is 4.39 Å². The van der Waals surface area contributed by atoms with Crippen LogP contribution < -0.4 is 11.1 Å². The molecule has 0 amide bonds. The summed E-state index contributed by atoms with van der Waals surface area (Å²) < 4.78 is 14.5. The Kier molecular flexibility index (Phi) is 3.33. The highest BCUT2D eigenvalue weighted by Crippen LogP contribution is 2.29. The molecule has 0 saturated heterocycles. The fourth-order valence-corrected chi connectivity index (χ4v) is 1.95. The lowest BCUT2D eigenvalue weighted by Crippen LogP contribution is -2.00. The van der Waals surface area contributed by atoms with Crippen molar-refractivity contribution in [3.05, 3.63) is 52.3 Å². The van der Waals surface area contributed by atoms with Gasteiger partial charge in [0.1, 0.15) is 5.82 Å². The topological polar surface area (TPSA) is 38.0 Å². The Morgan fingerprint density at radius 2 is 2.00 bits per heavy atom. The Morgan fingerprint density at radius 3 is 2.65 bits per heavy atom. The van der Waals surface area contributed by atoms with Gasteiger partial charge in [0.2, 0.25) is 0 Å². The summed E-state index contributed by atoms with van der Waals surface area (Å²) in [5.41, 5.74) is 8.42. The third-order valence-corrected chi connectivity index (χ3v) is 2.99. The van der Waals surface area contributed by atoms with Crippen molar-refractivity contribution in [1.29, 1.82) is 0 Å². The van der Waals surface area contributed by atoms with E-state index in [0.717, 1.165) is 10.0 Å². The Morgan fingerprint density at radius 1 is 1.24 bits per heavy atom. The summed E-state index contributed by atoms with van der Waals surface area (Å²) in [7, 11) is 0. The third kappa shape index (κ3) is 2.58. The summed E-state index contributed by atoms with van der Waals surface area (Å²) in [6, 6.07) is 10.4. The van der Waals surface area contributed by atoms with Crippen LogP contribution in [0.4, 0.5) is 21.5 Å². The van der Waals surface area contributed by atoms with Gasteiger partial charge in [-0.05, 0) is 36.8 Å². The van der Waals surface area contributed by atoms with Crippen molar-refractivity contribution in [3.8, 4) is 0 Å². The summed E-state index contributed by atoms with van der Waals surface area (Å²) >= 11 is 3.33. The van der Waals surface area contributed by atoms with Crippen molar-refractivity contribution in [2.24, 2.45) is 0 Å². The van der Waals surface area contributed by atoms with E-state index in [1.54, 1.807) is 12.1 Å². The molecule has 2 nitrogen and oxygen atoms in total. The summed E-state index contributed by atoms with van der Waals surface area (Å²) in [5, 5.41) is 3.02. The number of hydrogen-bond acceptors (Lipinski definition) is 2. The Balaban J connectivity index is 2.38. The second-order valence-electron chi connectivity index (χ2n) is 3.79. The predicted molar refractivity (Wildman–Crippen MR) is 73.0 cm³/mol. The second-order valence-corrected chi connectivity index (χ2v) is 4.70. The largest absolute Gasteiger partial charge is 0.397 e. The number of anilines is 3. The van der Waals surface area contributed by atoms with Crippen LogP contribution in [0.2, 0.25) is 0 Å². The molecule has 2 aromatic rings. The molecule has 0 aliphatic carbocycles. The molecule has 0 aromatic heterocycles. The molecule has 2 aromatic carbocycles. The molecule has 0 spiro atoms. The number of para-hydroxylation sites is 1. The van der Waals surface area contributed by atoms with E-state index in [1.807, 2.05) is 25.1 Å². The van der Waals surface area contributed by atoms with Crippen LogP contribution in [0.5, 0.6) is 0 Å². The Labute approximate surface area is 108 Å². The number of benzene rings is 2. The Hall–Kier alpha value is -1.55. The summed E-state index contributed by atoms with van der Waals surface area (Å²) in [6.45, 7) is 1.85. The molecule has 17 heavy (non-hydrogen) atoms. The Bertz CT molecular complexity index is 535. The molecule has 0 unspecified atom stereocenters. The van der Waals surface area contributed by atoms with Crippen molar-refractivity contribution in [2.45, 2.75) is 6.92 Å². The van der Waals surface area contributed by atoms with Crippen LogP contribution in [-0.4, -0.2) is 0 Å². The van der Waals surface area contributed by atoms with E-state index >= 15 is 0 Å². The molecule has 3 N–H and O–H groups in total. The minimum Gasteiger partial charge on any atom is -0.397 e. The van der Waals surface area contributed by atoms with Crippen LogP contribution in [0.15, 0.2) is 40.9 Å². The van der Waals surface area contributed by atoms with Gasteiger partial charge >= 0.3 is 0 Å². The first-order valence-corrected chi connectivity index (χ1v) is 5.94. The predicted octanol–water partition coefficient (Wildman–Crippen LogP) is 4.22. The maximum absolute atomic E-state index is 13.6. The van der Waals surface area contributed by atoms with Gasteiger partial charge in [-0.2, -0.15) is 0 Å². The number of nitrogens with one attached hydrogen (secondary N) is 1. The standard InChI is InChI=1S/C13H12BrFN2/c1-8-3-2-4-10(15)13(8)17-12-6-5-9(14)7-11(12)16/h2-7,17H,16H2,1H3. The number of nitrogens with two attached hydrogens (primary N) is 1. The average molecular weight is 295 g/mol. The fourth-order valence-electron chi connectivity index (χ4n) is 1.57. The SMILES string of the molecule is Cc1cccc(F)c1Nc1ccc(Br)cc1N. The number of aryl methyl sites for hydroxylation is 1. The van der Waals surface area contributed by atoms with E-state index in [9.17, 15) is 4.39 Å². The van der Waals surface area contributed by atoms with Gasteiger partial charge in [0, 0.05) is 4.47 Å². The van der Waals surface area contributed by atoms with Gasteiger partial charge in [-0.15, -0.1) is 0 Å². The molecule has 0 atom stereocenters. The maximum Gasteiger partial charge on any atom is 0.146 e. The molecule has 4 heteroatoms. The first-order chi connectivity index (χ1) is 8.08. The zero-order chi connectivity index (χ0) is 12.4. The van der Waals surface area contributed by atoms with Crippen molar-refractivity contribution < 1.29 is 4.39 Å². The van der Waals surface area contributed by atoms with Crippen LogP contribution in [0.1, 0.15) is 5.56 Å². The number of nitrogen functional groups attached to an aromatic ring is 1. The second kappa shape index (κ2) is 4.75. The molecule has 2 rings (SSSR count). The molecular weight excluding hydrogens is 283 g/mol. The fraction of sp³-hybridized carbons (Fsp3) is 0.0769. The van der Waals surface area contributed by atoms with Crippen LogP contribution in [0.25, 0.3) is 0 Å². The molecule has 0 bridgehead atoms. The van der Waals surface area contributed by atoms with Crippen LogP contribution >= 0.6 is 15.9 Å². The van der Waals surface area contributed by atoms with E-state index in [-0.39, 0.29) is 5.82 Å². The lowest BCUT2D eigenvalue weighted by Gasteiger charge is -2.12. The van der Waals surface area contributed by atoms with E-state index in [4.69, 9.17) is 5.73 Å². The van der Waals surface area contributed by atoms with Gasteiger partial charge in [0.15, 0.2) is 0 Å². The summed E-state index contributed by atoms with van der Waals surface area (Å²) in [4.78, 5) is 0. The minimum absolute atomic E-state index is 0.285. The molecule has 0 fully saturated rings. The molecule has 0 aliphatic rings. The molecule has 0 saturated carbocycles. The first-order valence-electron chi connectivity index (χ1n) is 5.15. The molecule has 0 heterocycles. The highest BCUT2D eigenvalue weighted by molar-refractivity contribution is 9.10. The van der Waals surface area contributed by atoms with E-state index in [0.29, 0.717) is 17.1 Å².